The Bertz CT molecular complexity index is 1470. The highest BCUT2D eigenvalue weighted by Gasteiger charge is 2.70. The molecule has 48 heavy (non-hydrogen) atoms. The SMILES string of the molecule is COC(=O)COC(O)[C@H]1CC[C@]2(C)[C@H]3C(=O)C=C4C5C[C@@](C)(C(=O)OCc6ccccc6)CC[C@]5(C)CC[C@@]4(C)[C@]3(C)CC[C@H]2C1(C)C. The average Bonchev–Trinajstić information content (AvgIpc) is 3.04. The second-order valence-corrected chi connectivity index (χ2v) is 18.1. The zero-order chi connectivity index (χ0) is 34.9. The van der Waals surface area contributed by atoms with Crippen molar-refractivity contribution in [3.05, 3.63) is 47.5 Å². The number of allylic oxidation sites excluding steroid dienone is 2. The standard InChI is InChI=1S/C41H58O7/c1-36(2)27(34(44)47-25-32(43)46-8)14-16-39(5)31(36)15-17-41(7)33(39)30(42)22-28-29-23-38(4,19-18-37(29,3)20-21-40(28,41)6)35(45)48-24-26-12-10-9-11-13-26/h9-13,22,27,29,31,33-34,44H,14-21,23-25H2,1-8H3/t27-,29?,31+,33-,34?,37-,38+,39+,40-,41-/m1/s1. The van der Waals surface area contributed by atoms with Crippen LogP contribution < -0.4 is 0 Å². The minimum Gasteiger partial charge on any atom is -0.467 e. The molecule has 4 fully saturated rings. The second-order valence-electron chi connectivity index (χ2n) is 18.1. The van der Waals surface area contributed by atoms with Gasteiger partial charge in [0.05, 0.1) is 12.5 Å². The van der Waals surface area contributed by atoms with Crippen LogP contribution in [0.1, 0.15) is 112 Å². The van der Waals surface area contributed by atoms with Gasteiger partial charge in [-0.3, -0.25) is 9.59 Å². The van der Waals surface area contributed by atoms with Crippen molar-refractivity contribution in [3.8, 4) is 0 Å². The van der Waals surface area contributed by atoms with Crippen LogP contribution in [0.15, 0.2) is 42.0 Å². The number of ketones is 1. The van der Waals surface area contributed by atoms with E-state index < -0.39 is 17.7 Å². The molecule has 0 amide bonds. The van der Waals surface area contributed by atoms with Crippen molar-refractivity contribution in [2.75, 3.05) is 13.7 Å². The number of methoxy groups -OCH3 is 1. The molecule has 1 aromatic rings. The third kappa shape index (κ3) is 5.32. The van der Waals surface area contributed by atoms with Crippen LogP contribution in [0.4, 0.5) is 0 Å². The zero-order valence-corrected chi connectivity index (χ0v) is 30.5. The van der Waals surface area contributed by atoms with Gasteiger partial charge in [0, 0.05) is 11.8 Å². The number of fused-ring (bicyclic) bond motifs is 7. The van der Waals surface area contributed by atoms with E-state index in [-0.39, 0.29) is 75.7 Å². The molecule has 4 saturated carbocycles. The van der Waals surface area contributed by atoms with E-state index in [1.54, 1.807) is 0 Å². The minimum absolute atomic E-state index is 0.0511. The number of aliphatic hydroxyl groups excluding tert-OH is 1. The summed E-state index contributed by atoms with van der Waals surface area (Å²) in [5.41, 5.74) is 0.821. The van der Waals surface area contributed by atoms with Crippen LogP contribution in [0.3, 0.4) is 0 Å². The minimum atomic E-state index is -1.07. The topological polar surface area (TPSA) is 99.1 Å². The van der Waals surface area contributed by atoms with Crippen LogP contribution in [0.2, 0.25) is 0 Å². The Morgan fingerprint density at radius 3 is 2.29 bits per heavy atom. The number of rotatable bonds is 7. The molecule has 0 bridgehead atoms. The van der Waals surface area contributed by atoms with Crippen molar-refractivity contribution < 1.29 is 33.7 Å². The largest absolute Gasteiger partial charge is 0.467 e. The molecule has 264 valence electrons. The van der Waals surface area contributed by atoms with Crippen molar-refractivity contribution in [2.45, 2.75) is 119 Å². The molecular weight excluding hydrogens is 604 g/mol. The first-order chi connectivity index (χ1) is 22.4. The lowest BCUT2D eigenvalue weighted by atomic mass is 9.33. The Labute approximate surface area is 287 Å². The van der Waals surface area contributed by atoms with E-state index in [0.29, 0.717) is 6.42 Å². The molecule has 7 heteroatoms. The molecule has 2 unspecified atom stereocenters. The van der Waals surface area contributed by atoms with Gasteiger partial charge in [-0.1, -0.05) is 77.4 Å². The lowest BCUT2D eigenvalue weighted by Crippen LogP contribution is -2.66. The van der Waals surface area contributed by atoms with Gasteiger partial charge in [0.1, 0.15) is 13.2 Å². The van der Waals surface area contributed by atoms with Crippen molar-refractivity contribution in [1.82, 2.24) is 0 Å². The van der Waals surface area contributed by atoms with Crippen molar-refractivity contribution in [1.29, 1.82) is 0 Å². The number of hydrogen-bond donors (Lipinski definition) is 1. The first kappa shape index (κ1) is 35.3. The van der Waals surface area contributed by atoms with Gasteiger partial charge >= 0.3 is 11.9 Å². The number of benzene rings is 1. The van der Waals surface area contributed by atoms with E-state index >= 15 is 0 Å². The van der Waals surface area contributed by atoms with Crippen LogP contribution in [0.25, 0.3) is 0 Å². The highest BCUT2D eigenvalue weighted by atomic mass is 16.6. The third-order valence-electron chi connectivity index (χ3n) is 15.3. The van der Waals surface area contributed by atoms with E-state index in [0.717, 1.165) is 56.9 Å². The summed E-state index contributed by atoms with van der Waals surface area (Å²) in [4.78, 5) is 40.3. The maximum atomic E-state index is 14.8. The van der Waals surface area contributed by atoms with Gasteiger partial charge in [-0.2, -0.15) is 0 Å². The number of hydrogen-bond acceptors (Lipinski definition) is 7. The van der Waals surface area contributed by atoms with E-state index in [1.165, 1.54) is 12.7 Å². The van der Waals surface area contributed by atoms with E-state index in [2.05, 4.69) is 54.5 Å². The molecule has 7 nitrogen and oxygen atoms in total. The van der Waals surface area contributed by atoms with Crippen LogP contribution in [-0.4, -0.2) is 42.8 Å². The Morgan fingerprint density at radius 1 is 0.917 bits per heavy atom. The molecule has 0 aliphatic heterocycles. The van der Waals surface area contributed by atoms with Gasteiger partial charge in [-0.05, 0) is 115 Å². The number of carbonyl (C=O) groups is 3. The Balaban J connectivity index is 1.28. The lowest BCUT2D eigenvalue weighted by molar-refractivity contribution is -0.231. The molecule has 1 aromatic carbocycles. The van der Waals surface area contributed by atoms with Crippen molar-refractivity contribution >= 4 is 17.7 Å². The smallest absolute Gasteiger partial charge is 0.331 e. The molecule has 6 rings (SSSR count). The molecule has 0 radical (unpaired) electrons. The number of ether oxygens (including phenoxy) is 3. The average molecular weight is 663 g/mol. The fourth-order valence-electron chi connectivity index (χ4n) is 12.1. The van der Waals surface area contributed by atoms with Crippen molar-refractivity contribution in [3.63, 3.8) is 0 Å². The van der Waals surface area contributed by atoms with Crippen LogP contribution in [-0.2, 0) is 35.2 Å². The molecule has 0 saturated heterocycles. The summed E-state index contributed by atoms with van der Waals surface area (Å²) in [6.07, 6.45) is 9.04. The summed E-state index contributed by atoms with van der Waals surface area (Å²) in [5.74, 6) is -0.291. The van der Waals surface area contributed by atoms with Crippen LogP contribution >= 0.6 is 0 Å². The van der Waals surface area contributed by atoms with Crippen molar-refractivity contribution in [2.24, 2.45) is 56.2 Å². The monoisotopic (exact) mass is 662 g/mol. The summed E-state index contributed by atoms with van der Waals surface area (Å²) in [6.45, 7) is 16.1. The third-order valence-corrected chi connectivity index (χ3v) is 15.3. The fourth-order valence-corrected chi connectivity index (χ4v) is 12.1. The first-order valence-electron chi connectivity index (χ1n) is 18.3. The fraction of sp³-hybridized carbons (Fsp3) is 0.732. The quantitative estimate of drug-likeness (QED) is 0.235. The van der Waals surface area contributed by atoms with Crippen LogP contribution in [0, 0.1) is 56.2 Å². The number of carbonyl (C=O) groups excluding carboxylic acids is 3. The summed E-state index contributed by atoms with van der Waals surface area (Å²) < 4.78 is 16.3. The molecular formula is C41H58O7. The van der Waals surface area contributed by atoms with E-state index in [1.807, 2.05) is 30.3 Å². The first-order valence-corrected chi connectivity index (χ1v) is 18.3. The summed E-state index contributed by atoms with van der Waals surface area (Å²) in [7, 11) is 1.31. The summed E-state index contributed by atoms with van der Waals surface area (Å²) in [5, 5.41) is 11.1. The molecule has 5 aliphatic rings. The van der Waals surface area contributed by atoms with Gasteiger partial charge in [0.25, 0.3) is 0 Å². The maximum Gasteiger partial charge on any atom is 0.331 e. The molecule has 1 N–H and O–H groups in total. The molecule has 0 heterocycles. The predicted molar refractivity (Wildman–Crippen MR) is 183 cm³/mol. The predicted octanol–water partition coefficient (Wildman–Crippen LogP) is 7.83. The summed E-state index contributed by atoms with van der Waals surface area (Å²) in [6, 6.07) is 9.87. The van der Waals surface area contributed by atoms with Gasteiger partial charge in [0.2, 0.25) is 0 Å². The highest BCUT2D eigenvalue weighted by molar-refractivity contribution is 5.95. The zero-order valence-electron chi connectivity index (χ0n) is 30.5. The summed E-state index contributed by atoms with van der Waals surface area (Å²) >= 11 is 0. The maximum absolute atomic E-state index is 14.8. The van der Waals surface area contributed by atoms with Gasteiger partial charge in [-0.15, -0.1) is 0 Å². The van der Waals surface area contributed by atoms with Gasteiger partial charge < -0.3 is 19.3 Å². The van der Waals surface area contributed by atoms with Crippen LogP contribution in [0.5, 0.6) is 0 Å². The molecule has 0 spiro atoms. The van der Waals surface area contributed by atoms with E-state index in [9.17, 15) is 19.5 Å². The number of aliphatic hydroxyl groups is 1. The van der Waals surface area contributed by atoms with Gasteiger partial charge in [-0.25, -0.2) is 4.79 Å². The normalized spacial score (nSPS) is 42.2. The molecule has 10 atom stereocenters. The Morgan fingerprint density at radius 2 is 1.60 bits per heavy atom. The van der Waals surface area contributed by atoms with E-state index in [4.69, 9.17) is 14.2 Å². The highest BCUT2D eigenvalue weighted by Crippen LogP contribution is 2.75. The molecule has 5 aliphatic carbocycles. The second kappa shape index (κ2) is 12.1. The lowest BCUT2D eigenvalue weighted by Gasteiger charge is -2.70. The Kier molecular flexibility index (Phi) is 8.88. The Hall–Kier alpha value is -2.51. The van der Waals surface area contributed by atoms with Gasteiger partial charge in [0.15, 0.2) is 12.1 Å². The number of esters is 2. The molecule has 0 aromatic heterocycles.